The van der Waals surface area contributed by atoms with Crippen molar-refractivity contribution in [3.63, 3.8) is 0 Å². The summed E-state index contributed by atoms with van der Waals surface area (Å²) in [5.74, 6) is -1.40. The molecule has 2 rings (SSSR count). The molecule has 0 unspecified atom stereocenters. The first-order chi connectivity index (χ1) is 9.61. The molecule has 1 aliphatic rings. The van der Waals surface area contributed by atoms with Crippen molar-refractivity contribution in [3.8, 4) is 0 Å². The quantitative estimate of drug-likeness (QED) is 0.470. The molecule has 0 N–H and O–H groups in total. The third-order valence-corrected chi connectivity index (χ3v) is 4.11. The molecule has 0 amide bonds. The van der Waals surface area contributed by atoms with Crippen LogP contribution in [0.25, 0.3) is 0 Å². The predicted octanol–water partition coefficient (Wildman–Crippen LogP) is 2.79. The van der Waals surface area contributed by atoms with E-state index < -0.39 is 11.8 Å². The van der Waals surface area contributed by atoms with E-state index in [0.29, 0.717) is 5.56 Å². The summed E-state index contributed by atoms with van der Waals surface area (Å²) in [6, 6.07) is 5.29. The van der Waals surface area contributed by atoms with Crippen LogP contribution in [-0.4, -0.2) is 36.3 Å². The lowest BCUT2D eigenvalue weighted by molar-refractivity contribution is -0.137. The van der Waals surface area contributed by atoms with Gasteiger partial charge in [-0.25, -0.2) is 4.79 Å². The Morgan fingerprint density at radius 3 is 2.60 bits per heavy atom. The summed E-state index contributed by atoms with van der Waals surface area (Å²) in [7, 11) is 0. The Hall–Kier alpha value is -1.20. The summed E-state index contributed by atoms with van der Waals surface area (Å²) in [6.07, 6.45) is 2.49. The number of rotatable bonds is 5. The molecule has 108 valence electrons. The highest BCUT2D eigenvalue weighted by atomic mass is 79.9. The highest BCUT2D eigenvalue weighted by Crippen LogP contribution is 2.22. The van der Waals surface area contributed by atoms with Crippen LogP contribution < -0.4 is 0 Å². The summed E-state index contributed by atoms with van der Waals surface area (Å²) >= 11 is 3.48. The van der Waals surface area contributed by atoms with Crippen molar-refractivity contribution in [2.24, 2.45) is 0 Å². The number of carbonyl (C=O) groups is 2. The molecule has 0 radical (unpaired) electrons. The third kappa shape index (κ3) is 3.67. The number of halogens is 1. The molecule has 5 heteroatoms. The van der Waals surface area contributed by atoms with Crippen molar-refractivity contribution < 1.29 is 14.3 Å². The number of hydrogen-bond donors (Lipinski definition) is 0. The van der Waals surface area contributed by atoms with Crippen LogP contribution >= 0.6 is 15.9 Å². The van der Waals surface area contributed by atoms with Crippen LogP contribution in [0.5, 0.6) is 0 Å². The van der Waals surface area contributed by atoms with Gasteiger partial charge in [0.25, 0.3) is 5.78 Å². The number of carbonyl (C=O) groups excluding carboxylic acids is 2. The van der Waals surface area contributed by atoms with Gasteiger partial charge in [0.05, 0.1) is 6.61 Å². The molecule has 4 nitrogen and oxygen atoms in total. The van der Waals surface area contributed by atoms with E-state index in [-0.39, 0.29) is 6.61 Å². The van der Waals surface area contributed by atoms with Gasteiger partial charge in [-0.1, -0.05) is 28.1 Å². The Morgan fingerprint density at radius 2 is 2.00 bits per heavy atom. The van der Waals surface area contributed by atoms with Gasteiger partial charge in [-0.2, -0.15) is 0 Å². The van der Waals surface area contributed by atoms with E-state index in [1.54, 1.807) is 19.1 Å². The summed E-state index contributed by atoms with van der Waals surface area (Å²) in [4.78, 5) is 25.6. The summed E-state index contributed by atoms with van der Waals surface area (Å²) in [5.41, 5.74) is 1.49. The van der Waals surface area contributed by atoms with Crippen molar-refractivity contribution in [1.29, 1.82) is 0 Å². The summed E-state index contributed by atoms with van der Waals surface area (Å²) in [6.45, 7) is 5.00. The van der Waals surface area contributed by atoms with Crippen LogP contribution in [0.15, 0.2) is 22.7 Å². The van der Waals surface area contributed by atoms with E-state index in [1.807, 2.05) is 6.07 Å². The van der Waals surface area contributed by atoms with Crippen molar-refractivity contribution in [1.82, 2.24) is 4.90 Å². The number of hydrogen-bond acceptors (Lipinski definition) is 4. The van der Waals surface area contributed by atoms with E-state index in [9.17, 15) is 9.59 Å². The van der Waals surface area contributed by atoms with E-state index in [1.165, 1.54) is 12.8 Å². The number of likely N-dealkylation sites (tertiary alicyclic amines) is 1. The van der Waals surface area contributed by atoms with Gasteiger partial charge in [-0.3, -0.25) is 9.69 Å². The van der Waals surface area contributed by atoms with Crippen molar-refractivity contribution in [2.75, 3.05) is 19.7 Å². The largest absolute Gasteiger partial charge is 0.460 e. The average molecular weight is 340 g/mol. The van der Waals surface area contributed by atoms with Gasteiger partial charge >= 0.3 is 5.97 Å². The highest BCUT2D eigenvalue weighted by molar-refractivity contribution is 9.10. The third-order valence-electron chi connectivity index (χ3n) is 3.37. The van der Waals surface area contributed by atoms with Gasteiger partial charge in [-0.05, 0) is 44.5 Å². The van der Waals surface area contributed by atoms with Gasteiger partial charge in [-0.15, -0.1) is 0 Å². The van der Waals surface area contributed by atoms with Crippen molar-refractivity contribution in [2.45, 2.75) is 26.3 Å². The molecule has 0 aliphatic carbocycles. The Bertz CT molecular complexity index is 510. The molecule has 0 aromatic heterocycles. The van der Waals surface area contributed by atoms with E-state index in [0.717, 1.165) is 29.7 Å². The van der Waals surface area contributed by atoms with E-state index in [2.05, 4.69) is 20.8 Å². The maximum absolute atomic E-state index is 11.8. The molecular formula is C15H18BrNO3. The maximum Gasteiger partial charge on any atom is 0.379 e. The number of ketones is 1. The highest BCUT2D eigenvalue weighted by Gasteiger charge is 2.19. The first-order valence-corrected chi connectivity index (χ1v) is 7.63. The molecule has 1 aromatic carbocycles. The maximum atomic E-state index is 11.8. The lowest BCUT2D eigenvalue weighted by Crippen LogP contribution is -2.20. The number of Topliss-reactive ketones (excluding diaryl/α,β-unsaturated/α-hetero) is 1. The van der Waals surface area contributed by atoms with Gasteiger partial charge in [0.1, 0.15) is 0 Å². The summed E-state index contributed by atoms with van der Waals surface area (Å²) in [5, 5.41) is 0. The van der Waals surface area contributed by atoms with E-state index in [4.69, 9.17) is 4.74 Å². The van der Waals surface area contributed by atoms with Crippen molar-refractivity contribution in [3.05, 3.63) is 33.8 Å². The summed E-state index contributed by atoms with van der Waals surface area (Å²) < 4.78 is 5.58. The van der Waals surface area contributed by atoms with E-state index >= 15 is 0 Å². The topological polar surface area (TPSA) is 46.6 Å². The SMILES string of the molecule is CCOC(=O)C(=O)c1ccc(CN2CCCC2)c(Br)c1. The average Bonchev–Trinajstić information content (AvgIpc) is 2.93. The first kappa shape index (κ1) is 15.2. The number of ether oxygens (including phenoxy) is 1. The number of esters is 1. The van der Waals surface area contributed by atoms with Crippen LogP contribution in [0, 0.1) is 0 Å². The predicted molar refractivity (Wildman–Crippen MR) is 79.6 cm³/mol. The fourth-order valence-corrected chi connectivity index (χ4v) is 2.82. The Labute approximate surface area is 127 Å². The molecular weight excluding hydrogens is 322 g/mol. The molecule has 20 heavy (non-hydrogen) atoms. The smallest absolute Gasteiger partial charge is 0.379 e. The normalized spacial score (nSPS) is 15.3. The Kier molecular flexibility index (Phi) is 5.31. The number of benzene rings is 1. The van der Waals surface area contributed by atoms with Crippen LogP contribution in [-0.2, 0) is 16.1 Å². The molecule has 1 heterocycles. The monoisotopic (exact) mass is 339 g/mol. The lowest BCUT2D eigenvalue weighted by atomic mass is 10.1. The fourth-order valence-electron chi connectivity index (χ4n) is 2.31. The minimum atomic E-state index is -0.799. The van der Waals surface area contributed by atoms with Crippen LogP contribution in [0.1, 0.15) is 35.7 Å². The van der Waals surface area contributed by atoms with Gasteiger partial charge in [0.15, 0.2) is 0 Å². The zero-order valence-electron chi connectivity index (χ0n) is 11.5. The van der Waals surface area contributed by atoms with Crippen LogP contribution in [0.3, 0.4) is 0 Å². The number of nitrogens with zero attached hydrogens (tertiary/aromatic N) is 1. The molecule has 0 saturated carbocycles. The Morgan fingerprint density at radius 1 is 1.30 bits per heavy atom. The second kappa shape index (κ2) is 6.99. The molecule has 1 aliphatic heterocycles. The first-order valence-electron chi connectivity index (χ1n) is 6.84. The zero-order chi connectivity index (χ0) is 14.5. The molecule has 0 bridgehead atoms. The lowest BCUT2D eigenvalue weighted by Gasteiger charge is -2.16. The Balaban J connectivity index is 2.08. The second-order valence-electron chi connectivity index (χ2n) is 4.84. The molecule has 1 aromatic rings. The molecule has 0 spiro atoms. The molecule has 1 fully saturated rings. The van der Waals surface area contributed by atoms with Gasteiger partial charge < -0.3 is 4.74 Å². The minimum Gasteiger partial charge on any atom is -0.460 e. The minimum absolute atomic E-state index is 0.207. The van der Waals surface area contributed by atoms with Crippen LogP contribution in [0.2, 0.25) is 0 Å². The van der Waals surface area contributed by atoms with Gasteiger partial charge in [0, 0.05) is 16.6 Å². The zero-order valence-corrected chi connectivity index (χ0v) is 13.1. The fraction of sp³-hybridized carbons (Fsp3) is 0.467. The second-order valence-corrected chi connectivity index (χ2v) is 5.69. The van der Waals surface area contributed by atoms with Gasteiger partial charge in [0.2, 0.25) is 0 Å². The standard InChI is InChI=1S/C15H18BrNO3/c1-2-20-15(19)14(18)11-5-6-12(13(16)9-11)10-17-7-3-4-8-17/h5-6,9H,2-4,7-8,10H2,1H3. The van der Waals surface area contributed by atoms with Crippen molar-refractivity contribution >= 4 is 27.7 Å². The van der Waals surface area contributed by atoms with Crippen LogP contribution in [0.4, 0.5) is 0 Å². The molecule has 0 atom stereocenters. The molecule has 1 saturated heterocycles.